The minimum Gasteiger partial charge on any atom is -0.329 e. The van der Waals surface area contributed by atoms with Gasteiger partial charge in [-0.05, 0) is 25.8 Å². The smallest absolute Gasteiger partial charge is 0.0244 e. The van der Waals surface area contributed by atoms with Gasteiger partial charge in [0.2, 0.25) is 0 Å². The van der Waals surface area contributed by atoms with E-state index in [1.807, 2.05) is 0 Å². The summed E-state index contributed by atoms with van der Waals surface area (Å²) < 4.78 is 0. The van der Waals surface area contributed by atoms with Crippen molar-refractivity contribution in [1.82, 2.24) is 4.90 Å². The summed E-state index contributed by atoms with van der Waals surface area (Å²) >= 11 is 0. The first-order valence-corrected chi connectivity index (χ1v) is 5.64. The fourth-order valence-corrected chi connectivity index (χ4v) is 2.52. The summed E-state index contributed by atoms with van der Waals surface area (Å²) in [6, 6.07) is 11.2. The van der Waals surface area contributed by atoms with E-state index < -0.39 is 0 Å². The lowest BCUT2D eigenvalue weighted by Crippen LogP contribution is -2.64. The Morgan fingerprint density at radius 1 is 1.33 bits per heavy atom. The van der Waals surface area contributed by atoms with Crippen molar-refractivity contribution in [2.24, 2.45) is 5.73 Å². The highest BCUT2D eigenvalue weighted by Crippen LogP contribution is 2.36. The summed E-state index contributed by atoms with van der Waals surface area (Å²) in [6.07, 6.45) is 1.22. The molecule has 1 aromatic carbocycles. The van der Waals surface area contributed by atoms with Crippen molar-refractivity contribution in [3.63, 3.8) is 0 Å². The van der Waals surface area contributed by atoms with Crippen LogP contribution in [0.25, 0.3) is 0 Å². The summed E-state index contributed by atoms with van der Waals surface area (Å²) in [4.78, 5) is 2.50. The van der Waals surface area contributed by atoms with Crippen LogP contribution in [-0.4, -0.2) is 23.0 Å². The SMILES string of the molecule is CC1(C)CC(CN)N1Cc1ccccc1. The zero-order valence-corrected chi connectivity index (χ0v) is 9.61. The molecule has 1 heterocycles. The summed E-state index contributed by atoms with van der Waals surface area (Å²) in [7, 11) is 0. The van der Waals surface area contributed by atoms with Gasteiger partial charge in [0.15, 0.2) is 0 Å². The Hall–Kier alpha value is -0.860. The summed E-state index contributed by atoms with van der Waals surface area (Å²) in [6.45, 7) is 6.39. The standard InChI is InChI=1S/C13H20N2/c1-13(2)8-12(9-14)15(13)10-11-6-4-3-5-7-11/h3-7,12H,8-10,14H2,1-2H3. The van der Waals surface area contributed by atoms with Crippen molar-refractivity contribution in [2.75, 3.05) is 6.54 Å². The molecule has 0 spiro atoms. The molecule has 0 radical (unpaired) electrons. The van der Waals surface area contributed by atoms with Crippen LogP contribution in [-0.2, 0) is 6.54 Å². The lowest BCUT2D eigenvalue weighted by atomic mass is 9.81. The van der Waals surface area contributed by atoms with Gasteiger partial charge in [-0.15, -0.1) is 0 Å². The normalized spacial score (nSPS) is 24.9. The number of hydrogen-bond donors (Lipinski definition) is 1. The fourth-order valence-electron chi connectivity index (χ4n) is 2.52. The van der Waals surface area contributed by atoms with Gasteiger partial charge in [-0.1, -0.05) is 30.3 Å². The van der Waals surface area contributed by atoms with E-state index in [9.17, 15) is 0 Å². The van der Waals surface area contributed by atoms with Crippen LogP contribution in [0.1, 0.15) is 25.8 Å². The van der Waals surface area contributed by atoms with Crippen LogP contribution in [0.15, 0.2) is 30.3 Å². The van der Waals surface area contributed by atoms with Crippen LogP contribution in [0.2, 0.25) is 0 Å². The van der Waals surface area contributed by atoms with E-state index in [2.05, 4.69) is 49.1 Å². The monoisotopic (exact) mass is 204 g/mol. The maximum atomic E-state index is 5.76. The van der Waals surface area contributed by atoms with E-state index in [1.165, 1.54) is 12.0 Å². The summed E-state index contributed by atoms with van der Waals surface area (Å²) in [5.41, 5.74) is 7.46. The molecule has 0 saturated carbocycles. The van der Waals surface area contributed by atoms with E-state index in [4.69, 9.17) is 5.73 Å². The lowest BCUT2D eigenvalue weighted by molar-refractivity contribution is -0.0522. The first-order chi connectivity index (χ1) is 7.13. The maximum Gasteiger partial charge on any atom is 0.0244 e. The minimum absolute atomic E-state index is 0.319. The molecular weight excluding hydrogens is 184 g/mol. The number of nitrogens with zero attached hydrogens (tertiary/aromatic N) is 1. The molecule has 0 aromatic heterocycles. The zero-order valence-electron chi connectivity index (χ0n) is 9.61. The number of benzene rings is 1. The van der Waals surface area contributed by atoms with Crippen LogP contribution in [0.4, 0.5) is 0 Å². The molecule has 1 unspecified atom stereocenters. The van der Waals surface area contributed by atoms with Gasteiger partial charge in [0.1, 0.15) is 0 Å². The van der Waals surface area contributed by atoms with Gasteiger partial charge < -0.3 is 5.73 Å². The topological polar surface area (TPSA) is 29.3 Å². The minimum atomic E-state index is 0.319. The van der Waals surface area contributed by atoms with Crippen molar-refractivity contribution in [3.8, 4) is 0 Å². The third-order valence-corrected chi connectivity index (χ3v) is 3.42. The number of rotatable bonds is 3. The molecule has 1 aromatic rings. The van der Waals surface area contributed by atoms with Crippen LogP contribution in [0, 0.1) is 0 Å². The van der Waals surface area contributed by atoms with E-state index in [1.54, 1.807) is 0 Å². The summed E-state index contributed by atoms with van der Waals surface area (Å²) in [5.74, 6) is 0. The van der Waals surface area contributed by atoms with Crippen molar-refractivity contribution in [3.05, 3.63) is 35.9 Å². The Bertz CT molecular complexity index is 319. The first-order valence-electron chi connectivity index (χ1n) is 5.64. The van der Waals surface area contributed by atoms with Gasteiger partial charge in [0.25, 0.3) is 0 Å². The average Bonchev–Trinajstić information content (AvgIpc) is 2.24. The van der Waals surface area contributed by atoms with Gasteiger partial charge in [-0.3, -0.25) is 4.90 Å². The molecular formula is C13H20N2. The third-order valence-electron chi connectivity index (χ3n) is 3.42. The number of likely N-dealkylation sites (tertiary alicyclic amines) is 1. The van der Waals surface area contributed by atoms with Gasteiger partial charge in [0.05, 0.1) is 0 Å². The highest BCUT2D eigenvalue weighted by molar-refractivity contribution is 5.16. The van der Waals surface area contributed by atoms with Crippen molar-refractivity contribution >= 4 is 0 Å². The molecule has 0 aliphatic carbocycles. The predicted molar refractivity (Wildman–Crippen MR) is 63.5 cm³/mol. The molecule has 1 aliphatic heterocycles. The van der Waals surface area contributed by atoms with Crippen molar-refractivity contribution in [2.45, 2.75) is 38.4 Å². The molecule has 2 N–H and O–H groups in total. The van der Waals surface area contributed by atoms with Gasteiger partial charge >= 0.3 is 0 Å². The molecule has 1 saturated heterocycles. The van der Waals surface area contributed by atoms with Gasteiger partial charge in [-0.2, -0.15) is 0 Å². The third kappa shape index (κ3) is 2.06. The van der Waals surface area contributed by atoms with Crippen LogP contribution >= 0.6 is 0 Å². The summed E-state index contributed by atoms with van der Waals surface area (Å²) in [5, 5.41) is 0. The quantitative estimate of drug-likeness (QED) is 0.816. The highest BCUT2D eigenvalue weighted by atomic mass is 15.3. The van der Waals surface area contributed by atoms with Gasteiger partial charge in [-0.25, -0.2) is 0 Å². The predicted octanol–water partition coefficient (Wildman–Crippen LogP) is 2.00. The Kier molecular flexibility index (Phi) is 2.81. The second kappa shape index (κ2) is 3.95. The molecule has 1 atom stereocenters. The molecule has 2 rings (SSSR count). The molecule has 15 heavy (non-hydrogen) atoms. The Labute approximate surface area is 92.1 Å². The zero-order chi connectivity index (χ0) is 10.9. The molecule has 2 nitrogen and oxygen atoms in total. The molecule has 1 fully saturated rings. The fraction of sp³-hybridized carbons (Fsp3) is 0.538. The van der Waals surface area contributed by atoms with E-state index >= 15 is 0 Å². The molecule has 1 aliphatic rings. The Morgan fingerprint density at radius 2 is 2.00 bits per heavy atom. The Morgan fingerprint density at radius 3 is 2.53 bits per heavy atom. The van der Waals surface area contributed by atoms with Crippen LogP contribution in [0.5, 0.6) is 0 Å². The van der Waals surface area contributed by atoms with E-state index in [-0.39, 0.29) is 0 Å². The molecule has 0 bridgehead atoms. The van der Waals surface area contributed by atoms with Gasteiger partial charge in [0, 0.05) is 24.7 Å². The largest absolute Gasteiger partial charge is 0.329 e. The number of nitrogens with two attached hydrogens (primary N) is 1. The van der Waals surface area contributed by atoms with E-state index in [0.29, 0.717) is 11.6 Å². The number of hydrogen-bond acceptors (Lipinski definition) is 2. The molecule has 2 heteroatoms. The first kappa shape index (κ1) is 10.7. The lowest BCUT2D eigenvalue weighted by Gasteiger charge is -2.55. The van der Waals surface area contributed by atoms with Crippen molar-refractivity contribution in [1.29, 1.82) is 0 Å². The second-order valence-electron chi connectivity index (χ2n) is 5.02. The maximum absolute atomic E-state index is 5.76. The Balaban J connectivity index is 2.05. The van der Waals surface area contributed by atoms with Crippen LogP contribution in [0.3, 0.4) is 0 Å². The second-order valence-corrected chi connectivity index (χ2v) is 5.02. The van der Waals surface area contributed by atoms with Crippen LogP contribution < -0.4 is 5.73 Å². The van der Waals surface area contributed by atoms with Crippen molar-refractivity contribution < 1.29 is 0 Å². The average molecular weight is 204 g/mol. The molecule has 82 valence electrons. The van der Waals surface area contributed by atoms with E-state index in [0.717, 1.165) is 13.1 Å². The molecule has 0 amide bonds. The highest BCUT2D eigenvalue weighted by Gasteiger charge is 2.43.